The van der Waals surface area contributed by atoms with Gasteiger partial charge in [-0.3, -0.25) is 9.97 Å². The molecule has 371 valence electrons. The van der Waals surface area contributed by atoms with Gasteiger partial charge in [0, 0.05) is 53.8 Å². The summed E-state index contributed by atoms with van der Waals surface area (Å²) < 4.78 is 58.9. The van der Waals surface area contributed by atoms with Crippen LogP contribution in [0.3, 0.4) is 0 Å². The Morgan fingerprint density at radius 1 is 0.347 bits per heavy atom. The molecule has 10 aromatic carbocycles. The number of nitrogens with zero attached hydrogens (tertiary/aromatic N) is 2. The Hall–Kier alpha value is -7.28. The minimum absolute atomic E-state index is 0. The number of hydrogen-bond donors (Lipinski definition) is 0. The van der Waals surface area contributed by atoms with Crippen molar-refractivity contribution in [2.75, 3.05) is 0 Å². The monoisotopic (exact) mass is 1130 g/mol. The van der Waals surface area contributed by atoms with Crippen LogP contribution in [0.15, 0.2) is 267 Å². The van der Waals surface area contributed by atoms with Gasteiger partial charge in [-0.05, 0) is 92.1 Å². The van der Waals surface area contributed by atoms with Crippen molar-refractivity contribution in [3.8, 4) is 22.5 Å². The molecule has 0 aliphatic carbocycles. The molecule has 0 fully saturated rings. The summed E-state index contributed by atoms with van der Waals surface area (Å²) in [5.74, 6) is 0. The summed E-state index contributed by atoms with van der Waals surface area (Å²) >= 11 is 0. The van der Waals surface area contributed by atoms with Crippen LogP contribution in [0, 0.1) is 0 Å². The number of rotatable bonds is 8. The number of benzene rings is 10. The Balaban J connectivity index is 0.000000159. The van der Waals surface area contributed by atoms with E-state index in [0.29, 0.717) is 0 Å². The average Bonchev–Trinajstić information content (AvgIpc) is 3.44. The number of fused-ring (bicyclic) bond motifs is 4. The standard InChI is InChI=1S/2C31H22NP.CHF3O3S.Rh/c2*1-3-13-25(14-4-1)33(26-15-5-2-6-16-26)29-20-19-23-11-7-9-17-27(23)30(29)31-28-18-10-8-12-24(28)21-22-32-31;2-1(3,4)8(5,6)7;/h2*1-22H;(H,5,6,7);/p-1. The molecular formula is C63H44F3N2O3P2RhS-. The first-order valence-electron chi connectivity index (χ1n) is 23.6. The molecule has 0 amide bonds. The smallest absolute Gasteiger partial charge is 0.485 e. The van der Waals surface area contributed by atoms with E-state index in [-0.39, 0.29) is 19.5 Å². The first-order valence-corrected chi connectivity index (χ1v) is 27.7. The average molecular weight is 1130 g/mol. The molecule has 0 unspecified atom stereocenters. The van der Waals surface area contributed by atoms with Gasteiger partial charge in [-0.2, -0.15) is 13.2 Å². The SMILES string of the molecule is O=S(=O)([O-])C(F)(F)F.[Rh].c1ccc(P(c2ccccc2)c2ccc3ccccc3c2-c2nccc3ccccc23)cc1.c1ccc(P(c2ccccc2)c2ccc3ccccc3c2-c2nccc3ccccc23)cc1. The maximum absolute atomic E-state index is 10.7. The zero-order valence-corrected chi connectivity index (χ0v) is 44.0. The Kier molecular flexibility index (Phi) is 16.5. The van der Waals surface area contributed by atoms with Crippen LogP contribution in [0.5, 0.6) is 0 Å². The van der Waals surface area contributed by atoms with Gasteiger partial charge in [0.1, 0.15) is 0 Å². The Morgan fingerprint density at radius 3 is 0.893 bits per heavy atom. The molecule has 2 aromatic heterocycles. The zero-order chi connectivity index (χ0) is 51.1. The van der Waals surface area contributed by atoms with Crippen LogP contribution in [0.1, 0.15) is 0 Å². The van der Waals surface area contributed by atoms with Crippen molar-refractivity contribution < 1.29 is 45.6 Å². The summed E-state index contributed by atoms with van der Waals surface area (Å²) in [5, 5.41) is 17.8. The number of pyridine rings is 2. The maximum Gasteiger partial charge on any atom is 0.485 e. The van der Waals surface area contributed by atoms with Gasteiger partial charge >= 0.3 is 5.51 Å². The number of aromatic nitrogens is 2. The van der Waals surface area contributed by atoms with Gasteiger partial charge in [0.15, 0.2) is 10.1 Å². The van der Waals surface area contributed by atoms with Crippen molar-refractivity contribution >= 4 is 101 Å². The molecule has 0 aliphatic rings. The van der Waals surface area contributed by atoms with Crippen LogP contribution in [-0.2, 0) is 29.6 Å². The normalized spacial score (nSPS) is 11.4. The van der Waals surface area contributed by atoms with E-state index in [9.17, 15) is 13.2 Å². The van der Waals surface area contributed by atoms with Gasteiger partial charge in [-0.1, -0.05) is 243 Å². The van der Waals surface area contributed by atoms with Crippen molar-refractivity contribution in [2.24, 2.45) is 0 Å². The molecule has 75 heavy (non-hydrogen) atoms. The molecule has 12 heteroatoms. The van der Waals surface area contributed by atoms with Crippen molar-refractivity contribution in [2.45, 2.75) is 5.51 Å². The minimum atomic E-state index is -6.09. The van der Waals surface area contributed by atoms with E-state index >= 15 is 0 Å². The predicted molar refractivity (Wildman–Crippen MR) is 303 cm³/mol. The van der Waals surface area contributed by atoms with Gasteiger partial charge in [0.25, 0.3) is 0 Å². The fraction of sp³-hybridized carbons (Fsp3) is 0.0159. The largest absolute Gasteiger partial charge is 0.741 e. The van der Waals surface area contributed by atoms with Crippen molar-refractivity contribution in [3.63, 3.8) is 0 Å². The van der Waals surface area contributed by atoms with E-state index in [1.165, 1.54) is 86.0 Å². The summed E-state index contributed by atoms with van der Waals surface area (Å²) in [6.45, 7) is 0. The molecule has 0 N–H and O–H groups in total. The molecule has 0 atom stereocenters. The Morgan fingerprint density at radius 2 is 0.600 bits per heavy atom. The third-order valence-electron chi connectivity index (χ3n) is 12.5. The molecule has 12 rings (SSSR count). The van der Waals surface area contributed by atoms with Gasteiger partial charge in [0.2, 0.25) is 0 Å². The van der Waals surface area contributed by atoms with Crippen molar-refractivity contribution in [3.05, 3.63) is 267 Å². The van der Waals surface area contributed by atoms with Crippen molar-refractivity contribution in [1.29, 1.82) is 0 Å². The van der Waals surface area contributed by atoms with E-state index in [0.717, 1.165) is 11.4 Å². The molecule has 0 spiro atoms. The summed E-state index contributed by atoms with van der Waals surface area (Å²) in [5.41, 5.74) is -1.06. The summed E-state index contributed by atoms with van der Waals surface area (Å²) in [7, 11) is -7.61. The van der Waals surface area contributed by atoms with Gasteiger partial charge in [-0.25, -0.2) is 8.42 Å². The second-order valence-corrected chi connectivity index (χ2v) is 22.8. The molecule has 0 saturated heterocycles. The van der Waals surface area contributed by atoms with E-state index < -0.39 is 31.5 Å². The molecule has 0 aliphatic heterocycles. The second kappa shape index (κ2) is 23.5. The van der Waals surface area contributed by atoms with Crippen LogP contribution in [0.4, 0.5) is 13.2 Å². The fourth-order valence-electron chi connectivity index (χ4n) is 9.19. The van der Waals surface area contributed by atoms with E-state index in [1.54, 1.807) is 0 Å². The van der Waals surface area contributed by atoms with Crippen molar-refractivity contribution in [1.82, 2.24) is 9.97 Å². The molecule has 1 radical (unpaired) electrons. The summed E-state index contributed by atoms with van der Waals surface area (Å²) in [6, 6.07) is 91.4. The molecule has 0 saturated carbocycles. The van der Waals surface area contributed by atoms with Crippen LogP contribution in [-0.4, -0.2) is 28.4 Å². The van der Waals surface area contributed by atoms with Gasteiger partial charge < -0.3 is 4.55 Å². The zero-order valence-electron chi connectivity index (χ0n) is 39.8. The molecule has 5 nitrogen and oxygen atoms in total. The fourth-order valence-corrected chi connectivity index (χ4v) is 14.1. The quantitative estimate of drug-likeness (QED) is 0.0655. The van der Waals surface area contributed by atoms with E-state index in [4.69, 9.17) is 22.9 Å². The third kappa shape index (κ3) is 11.5. The first kappa shape index (κ1) is 52.6. The first-order chi connectivity index (χ1) is 36.0. The van der Waals surface area contributed by atoms with Crippen LogP contribution in [0.2, 0.25) is 0 Å². The maximum atomic E-state index is 10.7. The number of halogens is 3. The summed E-state index contributed by atoms with van der Waals surface area (Å²) in [4.78, 5) is 9.94. The second-order valence-electron chi connectivity index (χ2n) is 17.0. The van der Waals surface area contributed by atoms with Gasteiger partial charge in [0.05, 0.1) is 11.4 Å². The van der Waals surface area contributed by atoms with Gasteiger partial charge in [-0.15, -0.1) is 0 Å². The predicted octanol–water partition coefficient (Wildman–Crippen LogP) is 13.7. The molecule has 2 heterocycles. The molecule has 0 bridgehead atoms. The molecular weight excluding hydrogens is 1090 g/mol. The number of hydrogen-bond acceptors (Lipinski definition) is 5. The number of alkyl halides is 3. The summed E-state index contributed by atoms with van der Waals surface area (Å²) in [6.07, 6.45) is 3.88. The topological polar surface area (TPSA) is 83.0 Å². The van der Waals surface area contributed by atoms with Crippen LogP contribution < -0.4 is 31.8 Å². The minimum Gasteiger partial charge on any atom is -0.741 e. The third-order valence-corrected chi connectivity index (χ3v) is 18.0. The Bertz CT molecular complexity index is 3680. The van der Waals surface area contributed by atoms with E-state index in [1.807, 2.05) is 12.4 Å². The van der Waals surface area contributed by atoms with Crippen LogP contribution in [0.25, 0.3) is 65.6 Å². The van der Waals surface area contributed by atoms with Crippen LogP contribution >= 0.6 is 15.8 Å². The van der Waals surface area contributed by atoms with E-state index in [2.05, 4.69) is 255 Å². The Labute approximate surface area is 448 Å². The molecule has 12 aromatic rings.